The molecule has 0 aliphatic carbocycles. The van der Waals surface area contributed by atoms with E-state index in [9.17, 15) is 9.59 Å². The third kappa shape index (κ3) is 5.65. The van der Waals surface area contributed by atoms with Gasteiger partial charge >= 0.3 is 5.97 Å². The van der Waals surface area contributed by atoms with E-state index in [0.29, 0.717) is 16.4 Å². The molecular formula is C22H22N2O4S. The highest BCUT2D eigenvalue weighted by molar-refractivity contribution is 7.14. The third-order valence-corrected chi connectivity index (χ3v) is 4.68. The number of amides is 1. The fourth-order valence-electron chi connectivity index (χ4n) is 2.50. The normalized spacial score (nSPS) is 11.7. The van der Waals surface area contributed by atoms with Gasteiger partial charge in [-0.2, -0.15) is 0 Å². The molecule has 0 bridgehead atoms. The van der Waals surface area contributed by atoms with Crippen molar-refractivity contribution in [2.24, 2.45) is 0 Å². The van der Waals surface area contributed by atoms with Gasteiger partial charge in [0.2, 0.25) is 0 Å². The second-order valence-electron chi connectivity index (χ2n) is 6.63. The van der Waals surface area contributed by atoms with Crippen LogP contribution in [-0.2, 0) is 9.53 Å². The van der Waals surface area contributed by atoms with E-state index in [1.54, 1.807) is 24.3 Å². The Morgan fingerprint density at radius 2 is 1.69 bits per heavy atom. The molecule has 0 fully saturated rings. The first-order chi connectivity index (χ1) is 13.9. The SMILES string of the molecule is CC(C)Oc1ccc(C(=O)O[C@@H](C)C(=O)Nc2nc(-c3ccccc3)cs2)cc1. The van der Waals surface area contributed by atoms with Crippen molar-refractivity contribution in [2.45, 2.75) is 33.0 Å². The van der Waals surface area contributed by atoms with Crippen LogP contribution < -0.4 is 10.1 Å². The number of ether oxygens (including phenoxy) is 2. The number of rotatable bonds is 7. The van der Waals surface area contributed by atoms with E-state index in [1.165, 1.54) is 18.3 Å². The van der Waals surface area contributed by atoms with Crippen molar-refractivity contribution in [3.8, 4) is 17.0 Å². The number of hydrogen-bond donors (Lipinski definition) is 1. The quantitative estimate of drug-likeness (QED) is 0.567. The van der Waals surface area contributed by atoms with Crippen molar-refractivity contribution in [3.05, 3.63) is 65.5 Å². The number of anilines is 1. The van der Waals surface area contributed by atoms with Crippen molar-refractivity contribution >= 4 is 28.3 Å². The Balaban J connectivity index is 1.56. The molecule has 29 heavy (non-hydrogen) atoms. The monoisotopic (exact) mass is 410 g/mol. The predicted molar refractivity (Wildman–Crippen MR) is 113 cm³/mol. The summed E-state index contributed by atoms with van der Waals surface area (Å²) < 4.78 is 10.8. The van der Waals surface area contributed by atoms with Gasteiger partial charge in [-0.1, -0.05) is 30.3 Å². The molecule has 1 N–H and O–H groups in total. The fourth-order valence-corrected chi connectivity index (χ4v) is 3.23. The lowest BCUT2D eigenvalue weighted by Crippen LogP contribution is -2.29. The lowest BCUT2D eigenvalue weighted by atomic mass is 10.2. The number of nitrogens with one attached hydrogen (secondary N) is 1. The molecule has 6 nitrogen and oxygen atoms in total. The molecular weight excluding hydrogens is 388 g/mol. The number of benzene rings is 2. The Morgan fingerprint density at radius 1 is 1.00 bits per heavy atom. The van der Waals surface area contributed by atoms with Crippen LogP contribution in [0.2, 0.25) is 0 Å². The molecule has 1 aromatic heterocycles. The maximum atomic E-state index is 12.4. The van der Waals surface area contributed by atoms with Gasteiger partial charge in [0.25, 0.3) is 5.91 Å². The van der Waals surface area contributed by atoms with Crippen LogP contribution in [0, 0.1) is 0 Å². The maximum absolute atomic E-state index is 12.4. The standard InChI is InChI=1S/C22H22N2O4S/c1-14(2)27-18-11-9-17(10-12-18)21(26)28-15(3)20(25)24-22-23-19(13-29-22)16-7-5-4-6-8-16/h4-15H,1-3H3,(H,23,24,25)/t15-/m0/s1. The van der Waals surface area contributed by atoms with Gasteiger partial charge in [0.05, 0.1) is 17.4 Å². The zero-order valence-corrected chi connectivity index (χ0v) is 17.2. The molecule has 150 valence electrons. The molecule has 0 unspecified atom stereocenters. The van der Waals surface area contributed by atoms with Crippen molar-refractivity contribution in [3.63, 3.8) is 0 Å². The highest BCUT2D eigenvalue weighted by Gasteiger charge is 2.20. The number of nitrogens with zero attached hydrogens (tertiary/aromatic N) is 1. The van der Waals surface area contributed by atoms with Gasteiger partial charge in [0.1, 0.15) is 5.75 Å². The second-order valence-corrected chi connectivity index (χ2v) is 7.49. The molecule has 0 spiro atoms. The summed E-state index contributed by atoms with van der Waals surface area (Å²) in [6.45, 7) is 5.37. The summed E-state index contributed by atoms with van der Waals surface area (Å²) in [5, 5.41) is 5.00. The fraction of sp³-hybridized carbons (Fsp3) is 0.227. The van der Waals surface area contributed by atoms with E-state index in [-0.39, 0.29) is 6.10 Å². The number of hydrogen-bond acceptors (Lipinski definition) is 6. The van der Waals surface area contributed by atoms with Crippen LogP contribution in [0.1, 0.15) is 31.1 Å². The molecule has 0 saturated heterocycles. The van der Waals surface area contributed by atoms with Crippen LogP contribution in [0.5, 0.6) is 5.75 Å². The Morgan fingerprint density at radius 3 is 2.34 bits per heavy atom. The van der Waals surface area contributed by atoms with Crippen LogP contribution in [0.25, 0.3) is 11.3 Å². The van der Waals surface area contributed by atoms with Gasteiger partial charge in [-0.3, -0.25) is 10.1 Å². The molecule has 1 amide bonds. The van der Waals surface area contributed by atoms with Gasteiger partial charge in [0, 0.05) is 10.9 Å². The molecule has 3 aromatic rings. The predicted octanol–water partition coefficient (Wildman–Crippen LogP) is 4.78. The molecule has 1 atom stereocenters. The van der Waals surface area contributed by atoms with E-state index in [2.05, 4.69) is 10.3 Å². The second kappa shape index (κ2) is 9.34. The van der Waals surface area contributed by atoms with Crippen LogP contribution in [0.3, 0.4) is 0 Å². The summed E-state index contributed by atoms with van der Waals surface area (Å²) in [4.78, 5) is 29.0. The van der Waals surface area contributed by atoms with Crippen LogP contribution >= 0.6 is 11.3 Å². The molecule has 0 saturated carbocycles. The molecule has 7 heteroatoms. The summed E-state index contributed by atoms with van der Waals surface area (Å²) in [7, 11) is 0. The summed E-state index contributed by atoms with van der Waals surface area (Å²) in [6, 6.07) is 16.3. The van der Waals surface area contributed by atoms with Crippen molar-refractivity contribution < 1.29 is 19.1 Å². The number of esters is 1. The zero-order chi connectivity index (χ0) is 20.8. The molecule has 1 heterocycles. The van der Waals surface area contributed by atoms with Crippen molar-refractivity contribution in [1.29, 1.82) is 0 Å². The van der Waals surface area contributed by atoms with E-state index in [0.717, 1.165) is 11.3 Å². The van der Waals surface area contributed by atoms with E-state index >= 15 is 0 Å². The smallest absolute Gasteiger partial charge is 0.338 e. The van der Waals surface area contributed by atoms with Crippen molar-refractivity contribution in [1.82, 2.24) is 4.98 Å². The van der Waals surface area contributed by atoms with E-state index in [4.69, 9.17) is 9.47 Å². The molecule has 0 aliphatic heterocycles. The Labute approximate surface area is 173 Å². The van der Waals surface area contributed by atoms with Gasteiger partial charge in [-0.25, -0.2) is 9.78 Å². The first kappa shape index (κ1) is 20.5. The summed E-state index contributed by atoms with van der Waals surface area (Å²) in [6.07, 6.45) is -0.914. The average Bonchev–Trinajstić information content (AvgIpc) is 3.17. The minimum atomic E-state index is -0.960. The maximum Gasteiger partial charge on any atom is 0.338 e. The minimum Gasteiger partial charge on any atom is -0.491 e. The Kier molecular flexibility index (Phi) is 6.61. The third-order valence-electron chi connectivity index (χ3n) is 3.92. The van der Waals surface area contributed by atoms with E-state index < -0.39 is 18.0 Å². The summed E-state index contributed by atoms with van der Waals surface area (Å²) in [5.41, 5.74) is 2.09. The molecule has 0 radical (unpaired) electrons. The van der Waals surface area contributed by atoms with Gasteiger partial charge < -0.3 is 9.47 Å². The first-order valence-corrected chi connectivity index (χ1v) is 10.1. The lowest BCUT2D eigenvalue weighted by molar-refractivity contribution is -0.123. The number of carbonyl (C=O) groups excluding carboxylic acids is 2. The summed E-state index contributed by atoms with van der Waals surface area (Å²) in [5.74, 6) is -0.347. The highest BCUT2D eigenvalue weighted by atomic mass is 32.1. The Bertz CT molecular complexity index is 968. The summed E-state index contributed by atoms with van der Waals surface area (Å²) >= 11 is 1.31. The number of carbonyl (C=O) groups is 2. The topological polar surface area (TPSA) is 77.5 Å². The molecule has 3 rings (SSSR count). The van der Waals surface area contributed by atoms with Gasteiger partial charge in [-0.15, -0.1) is 11.3 Å². The highest BCUT2D eigenvalue weighted by Crippen LogP contribution is 2.24. The van der Waals surface area contributed by atoms with Crippen LogP contribution in [0.15, 0.2) is 60.0 Å². The minimum absolute atomic E-state index is 0.0461. The van der Waals surface area contributed by atoms with Gasteiger partial charge in [0.15, 0.2) is 11.2 Å². The van der Waals surface area contributed by atoms with Crippen LogP contribution in [0.4, 0.5) is 5.13 Å². The number of aromatic nitrogens is 1. The van der Waals surface area contributed by atoms with Crippen molar-refractivity contribution in [2.75, 3.05) is 5.32 Å². The van der Waals surface area contributed by atoms with Gasteiger partial charge in [-0.05, 0) is 45.0 Å². The zero-order valence-electron chi connectivity index (χ0n) is 16.4. The number of thiazole rings is 1. The lowest BCUT2D eigenvalue weighted by Gasteiger charge is -2.13. The largest absolute Gasteiger partial charge is 0.491 e. The molecule has 2 aromatic carbocycles. The average molecular weight is 410 g/mol. The van der Waals surface area contributed by atoms with E-state index in [1.807, 2.05) is 49.6 Å². The Hall–Kier alpha value is -3.19. The molecule has 0 aliphatic rings. The first-order valence-electron chi connectivity index (χ1n) is 9.22. The van der Waals surface area contributed by atoms with Crippen LogP contribution in [-0.4, -0.2) is 29.1 Å².